The summed E-state index contributed by atoms with van der Waals surface area (Å²) in [5.74, 6) is -0.278. The second-order valence-electron chi connectivity index (χ2n) is 6.60. The summed E-state index contributed by atoms with van der Waals surface area (Å²) in [6, 6.07) is 15.3. The highest BCUT2D eigenvalue weighted by atomic mass is 32.1. The summed E-state index contributed by atoms with van der Waals surface area (Å²) >= 11 is 1.11. The van der Waals surface area contributed by atoms with Crippen molar-refractivity contribution in [3.63, 3.8) is 0 Å². The standard InChI is InChI=1S/C21H18N4O2S/c1-13-8-9-16(10-14(13)2)23-17(26)11-25-12-22-19-18(15-6-4-3-5-7-15)24-28-20(19)21(25)27/h3-10,12H,11H2,1-2H3,(H,23,26). The molecular weight excluding hydrogens is 372 g/mol. The zero-order valence-electron chi connectivity index (χ0n) is 15.5. The Morgan fingerprint density at radius 3 is 2.64 bits per heavy atom. The van der Waals surface area contributed by atoms with Gasteiger partial charge >= 0.3 is 0 Å². The highest BCUT2D eigenvalue weighted by Crippen LogP contribution is 2.26. The van der Waals surface area contributed by atoms with Crippen LogP contribution in [0.4, 0.5) is 5.69 Å². The molecule has 140 valence electrons. The molecule has 2 aromatic heterocycles. The van der Waals surface area contributed by atoms with Crippen molar-refractivity contribution in [1.82, 2.24) is 13.9 Å². The van der Waals surface area contributed by atoms with E-state index in [-0.39, 0.29) is 18.0 Å². The van der Waals surface area contributed by atoms with Gasteiger partial charge in [-0.25, -0.2) is 4.98 Å². The molecule has 1 amide bonds. The highest BCUT2D eigenvalue weighted by molar-refractivity contribution is 7.13. The summed E-state index contributed by atoms with van der Waals surface area (Å²) in [5, 5.41) is 2.83. The van der Waals surface area contributed by atoms with Crippen LogP contribution in [0.25, 0.3) is 21.5 Å². The van der Waals surface area contributed by atoms with Crippen LogP contribution < -0.4 is 10.9 Å². The molecule has 0 aliphatic rings. The van der Waals surface area contributed by atoms with E-state index in [1.807, 2.05) is 62.4 Å². The van der Waals surface area contributed by atoms with Crippen LogP contribution >= 0.6 is 11.5 Å². The predicted molar refractivity (Wildman–Crippen MR) is 112 cm³/mol. The van der Waals surface area contributed by atoms with Gasteiger partial charge in [-0.05, 0) is 48.6 Å². The fourth-order valence-corrected chi connectivity index (χ4v) is 3.73. The lowest BCUT2D eigenvalue weighted by atomic mass is 10.1. The van der Waals surface area contributed by atoms with Crippen molar-refractivity contribution in [3.8, 4) is 11.3 Å². The Kier molecular flexibility index (Phi) is 4.75. The minimum Gasteiger partial charge on any atom is -0.325 e. The molecule has 0 bridgehead atoms. The lowest BCUT2D eigenvalue weighted by Gasteiger charge is -2.09. The maximum absolute atomic E-state index is 12.8. The molecule has 0 radical (unpaired) electrons. The number of hydrogen-bond acceptors (Lipinski definition) is 5. The molecule has 7 heteroatoms. The summed E-state index contributed by atoms with van der Waals surface area (Å²) < 4.78 is 6.15. The highest BCUT2D eigenvalue weighted by Gasteiger charge is 2.15. The van der Waals surface area contributed by atoms with Gasteiger partial charge in [0.25, 0.3) is 5.56 Å². The Balaban J connectivity index is 1.59. The van der Waals surface area contributed by atoms with E-state index in [2.05, 4.69) is 14.7 Å². The Hall–Kier alpha value is -3.32. The molecule has 1 N–H and O–H groups in total. The van der Waals surface area contributed by atoms with Crippen LogP contribution in [0.1, 0.15) is 11.1 Å². The number of nitrogens with zero attached hydrogens (tertiary/aromatic N) is 3. The van der Waals surface area contributed by atoms with E-state index in [0.717, 1.165) is 28.2 Å². The number of carbonyl (C=O) groups is 1. The zero-order valence-corrected chi connectivity index (χ0v) is 16.3. The largest absolute Gasteiger partial charge is 0.325 e. The Bertz CT molecular complexity index is 1230. The van der Waals surface area contributed by atoms with Gasteiger partial charge in [-0.1, -0.05) is 36.4 Å². The van der Waals surface area contributed by atoms with Crippen molar-refractivity contribution < 1.29 is 4.79 Å². The number of anilines is 1. The van der Waals surface area contributed by atoms with Gasteiger partial charge in [0, 0.05) is 11.3 Å². The van der Waals surface area contributed by atoms with Gasteiger partial charge in [0.05, 0.1) is 6.33 Å². The summed E-state index contributed by atoms with van der Waals surface area (Å²) in [7, 11) is 0. The first-order chi connectivity index (χ1) is 13.5. The lowest BCUT2D eigenvalue weighted by molar-refractivity contribution is -0.116. The van der Waals surface area contributed by atoms with E-state index >= 15 is 0 Å². The number of hydrogen-bond donors (Lipinski definition) is 1. The first-order valence-corrected chi connectivity index (χ1v) is 9.57. The van der Waals surface area contributed by atoms with Crippen molar-refractivity contribution in [2.45, 2.75) is 20.4 Å². The van der Waals surface area contributed by atoms with Gasteiger partial charge < -0.3 is 5.32 Å². The first kappa shape index (κ1) is 18.1. The molecule has 2 heterocycles. The normalized spacial score (nSPS) is 10.9. The maximum Gasteiger partial charge on any atom is 0.273 e. The monoisotopic (exact) mass is 390 g/mol. The number of nitrogens with one attached hydrogen (secondary N) is 1. The number of carbonyl (C=O) groups excluding carboxylic acids is 1. The molecule has 0 fully saturated rings. The smallest absolute Gasteiger partial charge is 0.273 e. The van der Waals surface area contributed by atoms with Crippen LogP contribution in [-0.2, 0) is 11.3 Å². The molecule has 0 atom stereocenters. The van der Waals surface area contributed by atoms with E-state index < -0.39 is 0 Å². The summed E-state index contributed by atoms with van der Waals surface area (Å²) in [6.45, 7) is 3.90. The third-order valence-electron chi connectivity index (χ3n) is 4.60. The fourth-order valence-electron chi connectivity index (χ4n) is 2.93. The van der Waals surface area contributed by atoms with Gasteiger partial charge in [0.1, 0.15) is 22.5 Å². The summed E-state index contributed by atoms with van der Waals surface area (Å²) in [6.07, 6.45) is 1.41. The quantitative estimate of drug-likeness (QED) is 0.575. The number of rotatable bonds is 4. The van der Waals surface area contributed by atoms with E-state index in [1.54, 1.807) is 0 Å². The molecule has 0 saturated heterocycles. The third-order valence-corrected chi connectivity index (χ3v) is 5.43. The average Bonchev–Trinajstić information content (AvgIpc) is 3.12. The predicted octanol–water partition coefficient (Wildman–Crippen LogP) is 3.78. The van der Waals surface area contributed by atoms with Crippen LogP contribution in [0.3, 0.4) is 0 Å². The zero-order chi connectivity index (χ0) is 19.7. The number of fused-ring (bicyclic) bond motifs is 1. The summed E-state index contributed by atoms with van der Waals surface area (Å²) in [4.78, 5) is 29.6. The SMILES string of the molecule is Cc1ccc(NC(=O)Cn2cnc3c(-c4ccccc4)nsc3c2=O)cc1C. The molecule has 0 unspecified atom stereocenters. The van der Waals surface area contributed by atoms with Crippen molar-refractivity contribution in [2.75, 3.05) is 5.32 Å². The van der Waals surface area contributed by atoms with Gasteiger partial charge in [-0.3, -0.25) is 14.2 Å². The van der Waals surface area contributed by atoms with Crippen LogP contribution in [0.2, 0.25) is 0 Å². The van der Waals surface area contributed by atoms with E-state index in [1.165, 1.54) is 10.9 Å². The topological polar surface area (TPSA) is 76.9 Å². The summed E-state index contributed by atoms with van der Waals surface area (Å²) in [5.41, 5.74) is 4.85. The van der Waals surface area contributed by atoms with Gasteiger partial charge in [0.2, 0.25) is 5.91 Å². The van der Waals surface area contributed by atoms with Gasteiger partial charge in [0.15, 0.2) is 0 Å². The number of aryl methyl sites for hydroxylation is 2. The molecule has 0 aliphatic heterocycles. The van der Waals surface area contributed by atoms with Crippen molar-refractivity contribution in [1.29, 1.82) is 0 Å². The molecule has 4 rings (SSSR count). The van der Waals surface area contributed by atoms with Crippen molar-refractivity contribution in [2.24, 2.45) is 0 Å². The van der Waals surface area contributed by atoms with Crippen molar-refractivity contribution >= 4 is 33.3 Å². The Labute approximate surface area is 165 Å². The fraction of sp³-hybridized carbons (Fsp3) is 0.143. The maximum atomic E-state index is 12.8. The minimum atomic E-state index is -0.278. The second kappa shape index (κ2) is 7.36. The Morgan fingerprint density at radius 2 is 1.89 bits per heavy atom. The molecule has 4 aromatic rings. The number of benzene rings is 2. The second-order valence-corrected chi connectivity index (χ2v) is 7.37. The van der Waals surface area contributed by atoms with Gasteiger partial charge in [-0.15, -0.1) is 0 Å². The van der Waals surface area contributed by atoms with E-state index in [4.69, 9.17) is 0 Å². The molecule has 0 spiro atoms. The molecule has 2 aromatic carbocycles. The molecule has 6 nitrogen and oxygen atoms in total. The molecule has 0 saturated carbocycles. The van der Waals surface area contributed by atoms with Gasteiger partial charge in [-0.2, -0.15) is 4.37 Å². The Morgan fingerprint density at radius 1 is 1.11 bits per heavy atom. The minimum absolute atomic E-state index is 0.104. The molecule has 0 aliphatic carbocycles. The first-order valence-electron chi connectivity index (χ1n) is 8.80. The van der Waals surface area contributed by atoms with E-state index in [9.17, 15) is 9.59 Å². The molecule has 28 heavy (non-hydrogen) atoms. The average molecular weight is 390 g/mol. The van der Waals surface area contributed by atoms with E-state index in [0.29, 0.717) is 21.6 Å². The lowest BCUT2D eigenvalue weighted by Crippen LogP contribution is -2.27. The number of amides is 1. The number of aromatic nitrogens is 3. The molecular formula is C21H18N4O2S. The van der Waals surface area contributed by atoms with Crippen LogP contribution in [0.5, 0.6) is 0 Å². The van der Waals surface area contributed by atoms with Crippen LogP contribution in [0.15, 0.2) is 59.7 Å². The van der Waals surface area contributed by atoms with Crippen LogP contribution in [0, 0.1) is 13.8 Å². The van der Waals surface area contributed by atoms with Crippen molar-refractivity contribution in [3.05, 3.63) is 76.3 Å². The third kappa shape index (κ3) is 3.44. The van der Waals surface area contributed by atoms with Crippen LogP contribution in [-0.4, -0.2) is 19.8 Å².